The number of alkyl halides is 3. The predicted octanol–water partition coefficient (Wildman–Crippen LogP) is 6.36. The van der Waals surface area contributed by atoms with Gasteiger partial charge in [-0.15, -0.1) is 0 Å². The van der Waals surface area contributed by atoms with Crippen LogP contribution in [0, 0.1) is 0 Å². The minimum absolute atomic E-state index is 0.0393. The first-order chi connectivity index (χ1) is 19.9. The third-order valence-electron chi connectivity index (χ3n) is 7.26. The third-order valence-corrected chi connectivity index (χ3v) is 7.26. The van der Waals surface area contributed by atoms with Crippen molar-refractivity contribution >= 4 is 16.9 Å². The van der Waals surface area contributed by atoms with E-state index in [2.05, 4.69) is 9.97 Å². The SMILES string of the molecule is Nc1ncnc2c1c(C1C=CC(Oc3cccc(OCc4ccccc4C(F)(F)F)c3)=CC1)nn2C1CCOCC1. The standard InChI is InChI=1S/C30H28F3N5O3/c31-30(32,33)25-7-2-1-4-20(25)17-40-23-5-3-6-24(16-23)41-22-10-8-19(9-11-22)27-26-28(34)35-18-36-29(26)38(37-27)21-12-14-39-15-13-21/h1-8,10-11,16,18-19,21H,9,12-15,17H2,(H2,34,35,36). The number of halogens is 3. The summed E-state index contributed by atoms with van der Waals surface area (Å²) in [6.45, 7) is 1.15. The zero-order valence-electron chi connectivity index (χ0n) is 22.1. The molecule has 1 unspecified atom stereocenters. The summed E-state index contributed by atoms with van der Waals surface area (Å²) in [6, 6.07) is 12.4. The molecule has 0 spiro atoms. The van der Waals surface area contributed by atoms with E-state index in [1.165, 1.54) is 18.5 Å². The summed E-state index contributed by atoms with van der Waals surface area (Å²) < 4.78 is 59.1. The zero-order chi connectivity index (χ0) is 28.4. The monoisotopic (exact) mass is 563 g/mol. The van der Waals surface area contributed by atoms with Gasteiger partial charge in [0.1, 0.15) is 36.0 Å². The first-order valence-corrected chi connectivity index (χ1v) is 13.4. The number of benzene rings is 2. The molecule has 1 fully saturated rings. The van der Waals surface area contributed by atoms with Gasteiger partial charge in [0, 0.05) is 30.8 Å². The molecule has 2 aromatic carbocycles. The van der Waals surface area contributed by atoms with Gasteiger partial charge in [-0.05, 0) is 49.6 Å². The van der Waals surface area contributed by atoms with Crippen LogP contribution in [0.2, 0.25) is 0 Å². The van der Waals surface area contributed by atoms with Gasteiger partial charge < -0.3 is 19.9 Å². The van der Waals surface area contributed by atoms with Crippen LogP contribution in [-0.2, 0) is 17.5 Å². The van der Waals surface area contributed by atoms with Gasteiger partial charge in [0.05, 0.1) is 22.7 Å². The molecular weight excluding hydrogens is 535 g/mol. The minimum atomic E-state index is -4.45. The van der Waals surface area contributed by atoms with E-state index < -0.39 is 11.7 Å². The predicted molar refractivity (Wildman–Crippen MR) is 146 cm³/mol. The van der Waals surface area contributed by atoms with E-state index in [-0.39, 0.29) is 24.1 Å². The Hall–Kier alpha value is -4.38. The summed E-state index contributed by atoms with van der Waals surface area (Å²) in [6.07, 6.45) is 5.23. The van der Waals surface area contributed by atoms with Gasteiger partial charge in [-0.3, -0.25) is 0 Å². The van der Waals surface area contributed by atoms with Crippen LogP contribution in [0.3, 0.4) is 0 Å². The van der Waals surface area contributed by atoms with Crippen LogP contribution in [-0.4, -0.2) is 33.0 Å². The quantitative estimate of drug-likeness (QED) is 0.279. The molecule has 3 heterocycles. The van der Waals surface area contributed by atoms with Crippen molar-refractivity contribution in [2.75, 3.05) is 18.9 Å². The molecule has 0 saturated carbocycles. The fourth-order valence-corrected chi connectivity index (χ4v) is 5.19. The highest BCUT2D eigenvalue weighted by atomic mass is 19.4. The average molecular weight is 564 g/mol. The summed E-state index contributed by atoms with van der Waals surface area (Å²) in [5.41, 5.74) is 7.19. The highest BCUT2D eigenvalue weighted by Gasteiger charge is 2.33. The second-order valence-electron chi connectivity index (χ2n) is 9.96. The molecule has 212 valence electrons. The largest absolute Gasteiger partial charge is 0.489 e. The maximum atomic E-state index is 13.3. The first kappa shape index (κ1) is 26.8. The summed E-state index contributed by atoms with van der Waals surface area (Å²) in [5.74, 6) is 1.91. The van der Waals surface area contributed by atoms with Gasteiger partial charge in [-0.1, -0.05) is 30.3 Å². The van der Waals surface area contributed by atoms with E-state index in [4.69, 9.17) is 25.0 Å². The number of allylic oxidation sites excluding steroid dienone is 3. The van der Waals surface area contributed by atoms with Gasteiger partial charge in [0.15, 0.2) is 5.65 Å². The molecule has 4 aromatic rings. The molecule has 41 heavy (non-hydrogen) atoms. The van der Waals surface area contributed by atoms with Crippen LogP contribution < -0.4 is 15.2 Å². The van der Waals surface area contributed by atoms with E-state index >= 15 is 0 Å². The number of aromatic nitrogens is 4. The highest BCUT2D eigenvalue weighted by molar-refractivity contribution is 5.89. The zero-order valence-corrected chi connectivity index (χ0v) is 22.1. The van der Waals surface area contributed by atoms with Gasteiger partial charge in [0.2, 0.25) is 0 Å². The fourth-order valence-electron chi connectivity index (χ4n) is 5.19. The van der Waals surface area contributed by atoms with Crippen molar-refractivity contribution in [3.8, 4) is 11.5 Å². The van der Waals surface area contributed by atoms with Crippen molar-refractivity contribution in [1.29, 1.82) is 0 Å². The maximum Gasteiger partial charge on any atom is 0.416 e. The molecule has 0 amide bonds. The molecule has 1 atom stereocenters. The molecular formula is C30H28F3N5O3. The number of rotatable bonds is 7. The molecule has 8 nitrogen and oxygen atoms in total. The lowest BCUT2D eigenvalue weighted by Gasteiger charge is -2.22. The number of nitrogen functional groups attached to an aromatic ring is 1. The summed E-state index contributed by atoms with van der Waals surface area (Å²) in [5, 5.41) is 5.72. The number of nitrogens with two attached hydrogens (primary N) is 1. The van der Waals surface area contributed by atoms with Crippen LogP contribution in [0.15, 0.2) is 78.8 Å². The summed E-state index contributed by atoms with van der Waals surface area (Å²) >= 11 is 0. The van der Waals surface area contributed by atoms with Crippen molar-refractivity contribution in [2.45, 2.75) is 44.0 Å². The number of fused-ring (bicyclic) bond motifs is 1. The summed E-state index contributed by atoms with van der Waals surface area (Å²) in [4.78, 5) is 8.71. The van der Waals surface area contributed by atoms with Gasteiger partial charge in [0.25, 0.3) is 0 Å². The average Bonchev–Trinajstić information content (AvgIpc) is 3.38. The Morgan fingerprint density at radius 2 is 1.83 bits per heavy atom. The van der Waals surface area contributed by atoms with Crippen LogP contribution >= 0.6 is 0 Å². The lowest BCUT2D eigenvalue weighted by atomic mass is 9.95. The number of hydrogen-bond donors (Lipinski definition) is 1. The van der Waals surface area contributed by atoms with Crippen molar-refractivity contribution in [3.05, 3.63) is 95.7 Å². The number of ether oxygens (including phenoxy) is 3. The van der Waals surface area contributed by atoms with Crippen LogP contribution in [0.4, 0.5) is 19.0 Å². The number of nitrogens with zero attached hydrogens (tertiary/aromatic N) is 4. The van der Waals surface area contributed by atoms with Crippen LogP contribution in [0.1, 0.15) is 48.0 Å². The molecule has 1 saturated heterocycles. The lowest BCUT2D eigenvalue weighted by Crippen LogP contribution is -2.21. The van der Waals surface area contributed by atoms with Crippen LogP contribution in [0.25, 0.3) is 11.0 Å². The fraction of sp³-hybridized carbons (Fsp3) is 0.300. The highest BCUT2D eigenvalue weighted by Crippen LogP contribution is 2.36. The van der Waals surface area contributed by atoms with Crippen molar-refractivity contribution in [3.63, 3.8) is 0 Å². The molecule has 2 aliphatic rings. The molecule has 11 heteroatoms. The molecule has 6 rings (SSSR count). The van der Waals surface area contributed by atoms with E-state index in [1.807, 2.05) is 22.9 Å². The Balaban J connectivity index is 1.15. The normalized spacial score (nSPS) is 17.9. The second-order valence-corrected chi connectivity index (χ2v) is 9.96. The summed E-state index contributed by atoms with van der Waals surface area (Å²) in [7, 11) is 0. The smallest absolute Gasteiger partial charge is 0.416 e. The van der Waals surface area contributed by atoms with Gasteiger partial charge >= 0.3 is 6.18 Å². The Morgan fingerprint density at radius 1 is 1.02 bits per heavy atom. The van der Waals surface area contributed by atoms with Gasteiger partial charge in [-0.2, -0.15) is 18.3 Å². The van der Waals surface area contributed by atoms with E-state index in [9.17, 15) is 13.2 Å². The third kappa shape index (κ3) is 5.76. The molecule has 0 radical (unpaired) electrons. The Bertz CT molecular complexity index is 1610. The topological polar surface area (TPSA) is 97.3 Å². The molecule has 1 aliphatic carbocycles. The second kappa shape index (κ2) is 11.2. The molecule has 2 aromatic heterocycles. The maximum absolute atomic E-state index is 13.3. The van der Waals surface area contributed by atoms with Crippen molar-refractivity contribution < 1.29 is 27.4 Å². The van der Waals surface area contributed by atoms with Gasteiger partial charge in [-0.25, -0.2) is 14.6 Å². The Kier molecular flexibility index (Phi) is 7.36. The number of anilines is 1. The van der Waals surface area contributed by atoms with Crippen molar-refractivity contribution in [1.82, 2.24) is 19.7 Å². The van der Waals surface area contributed by atoms with E-state index in [1.54, 1.807) is 30.3 Å². The Labute approximate surface area is 234 Å². The lowest BCUT2D eigenvalue weighted by molar-refractivity contribution is -0.138. The number of hydrogen-bond acceptors (Lipinski definition) is 7. The first-order valence-electron chi connectivity index (χ1n) is 13.4. The van der Waals surface area contributed by atoms with Crippen LogP contribution in [0.5, 0.6) is 11.5 Å². The van der Waals surface area contributed by atoms with Crippen molar-refractivity contribution in [2.24, 2.45) is 0 Å². The minimum Gasteiger partial charge on any atom is -0.489 e. The molecule has 1 aliphatic heterocycles. The van der Waals surface area contributed by atoms with E-state index in [0.29, 0.717) is 42.7 Å². The molecule has 2 N–H and O–H groups in total. The Morgan fingerprint density at radius 3 is 2.61 bits per heavy atom. The molecule has 0 bridgehead atoms. The van der Waals surface area contributed by atoms with E-state index in [0.717, 1.165) is 35.6 Å².